The molecule has 0 N–H and O–H groups in total. The molecular weight excluding hydrogens is 340 g/mol. The fourth-order valence-corrected chi connectivity index (χ4v) is 3.54. The second-order valence-corrected chi connectivity index (χ2v) is 6.94. The average molecular weight is 364 g/mol. The lowest BCUT2D eigenvalue weighted by Crippen LogP contribution is -2.01. The molecule has 0 saturated carbocycles. The number of allylic oxidation sites excluding steroid dienone is 1. The molecule has 1 aromatic heterocycles. The summed E-state index contributed by atoms with van der Waals surface area (Å²) < 4.78 is 2.19. The summed E-state index contributed by atoms with van der Waals surface area (Å²) in [7, 11) is 0. The summed E-state index contributed by atoms with van der Waals surface area (Å²) in [5.74, 6) is 0.351. The van der Waals surface area contributed by atoms with Gasteiger partial charge in [0.25, 0.3) is 0 Å². The van der Waals surface area contributed by atoms with Gasteiger partial charge in [0.1, 0.15) is 0 Å². The number of hydrogen-bond donors (Lipinski definition) is 0. The number of nitrogens with zero attached hydrogens (tertiary/aromatic N) is 2. The Hall–Kier alpha value is -3.39. The first-order chi connectivity index (χ1) is 13.9. The highest BCUT2D eigenvalue weighted by Gasteiger charge is 2.12. The first-order valence-corrected chi connectivity index (χ1v) is 9.70. The Morgan fingerprint density at radius 3 is 1.93 bits per heavy atom. The van der Waals surface area contributed by atoms with Crippen molar-refractivity contribution in [3.63, 3.8) is 0 Å². The highest BCUT2D eigenvalue weighted by molar-refractivity contribution is 5.45. The van der Waals surface area contributed by atoms with E-state index < -0.39 is 0 Å². The van der Waals surface area contributed by atoms with E-state index in [0.717, 1.165) is 18.7 Å². The van der Waals surface area contributed by atoms with Gasteiger partial charge in [-0.3, -0.25) is 0 Å². The molecule has 0 atom stereocenters. The zero-order valence-electron chi connectivity index (χ0n) is 15.9. The van der Waals surface area contributed by atoms with Crippen LogP contribution in [0.1, 0.15) is 34.7 Å². The van der Waals surface area contributed by atoms with Gasteiger partial charge in [0.15, 0.2) is 0 Å². The lowest BCUT2D eigenvalue weighted by atomic mass is 9.88. The normalized spacial score (nSPS) is 11.3. The van der Waals surface area contributed by atoms with Crippen molar-refractivity contribution >= 4 is 6.08 Å². The van der Waals surface area contributed by atoms with Crippen LogP contribution in [0.4, 0.5) is 0 Å². The first kappa shape index (κ1) is 18.0. The van der Waals surface area contributed by atoms with Crippen LogP contribution in [-0.4, -0.2) is 9.55 Å². The van der Waals surface area contributed by atoms with Gasteiger partial charge in [0.05, 0.1) is 18.2 Å². The quantitative estimate of drug-likeness (QED) is 0.383. The molecule has 0 amide bonds. The van der Waals surface area contributed by atoms with E-state index in [2.05, 4.69) is 107 Å². The Labute approximate surface area is 166 Å². The second-order valence-electron chi connectivity index (χ2n) is 6.94. The van der Waals surface area contributed by atoms with Crippen LogP contribution in [0.3, 0.4) is 0 Å². The van der Waals surface area contributed by atoms with Crippen LogP contribution in [0.5, 0.6) is 0 Å². The molecule has 28 heavy (non-hydrogen) atoms. The minimum Gasteiger partial charge on any atom is -0.327 e. The lowest BCUT2D eigenvalue weighted by Gasteiger charge is -2.16. The van der Waals surface area contributed by atoms with Crippen LogP contribution in [0, 0.1) is 0 Å². The van der Waals surface area contributed by atoms with Crippen molar-refractivity contribution in [2.45, 2.75) is 18.9 Å². The standard InChI is InChI=1S/C26H24N2/c1-4-11-22(12-5-1)20-28-21-27-19-25(28)17-10-18-26(23-13-6-2-7-14-23)24-15-8-3-9-16-24/h1-17,19,21,26H,18,20H2. The van der Waals surface area contributed by atoms with Crippen LogP contribution in [0.15, 0.2) is 110 Å². The fourth-order valence-electron chi connectivity index (χ4n) is 3.54. The molecule has 4 aromatic rings. The molecule has 1 heterocycles. The van der Waals surface area contributed by atoms with E-state index in [4.69, 9.17) is 0 Å². The smallest absolute Gasteiger partial charge is 0.0953 e. The van der Waals surface area contributed by atoms with Crippen molar-refractivity contribution < 1.29 is 0 Å². The van der Waals surface area contributed by atoms with Crippen molar-refractivity contribution in [3.05, 3.63) is 132 Å². The van der Waals surface area contributed by atoms with Gasteiger partial charge < -0.3 is 4.57 Å². The van der Waals surface area contributed by atoms with E-state index in [9.17, 15) is 0 Å². The largest absolute Gasteiger partial charge is 0.327 e. The van der Waals surface area contributed by atoms with Gasteiger partial charge >= 0.3 is 0 Å². The van der Waals surface area contributed by atoms with Crippen LogP contribution < -0.4 is 0 Å². The molecule has 0 aliphatic carbocycles. The van der Waals surface area contributed by atoms with E-state index in [1.54, 1.807) is 0 Å². The molecule has 0 radical (unpaired) electrons. The highest BCUT2D eigenvalue weighted by Crippen LogP contribution is 2.28. The summed E-state index contributed by atoms with van der Waals surface area (Å²) in [6.45, 7) is 0.835. The SMILES string of the molecule is C(=Cc1cncn1Cc1ccccc1)CC(c1ccccc1)c1ccccc1. The lowest BCUT2D eigenvalue weighted by molar-refractivity contribution is 0.787. The predicted molar refractivity (Wildman–Crippen MR) is 116 cm³/mol. The van der Waals surface area contributed by atoms with Gasteiger partial charge in [0.2, 0.25) is 0 Å². The van der Waals surface area contributed by atoms with E-state index >= 15 is 0 Å². The molecule has 4 rings (SSSR count). The molecule has 0 fully saturated rings. The van der Waals surface area contributed by atoms with Gasteiger partial charge in [-0.15, -0.1) is 0 Å². The maximum atomic E-state index is 4.34. The van der Waals surface area contributed by atoms with Crippen molar-refractivity contribution in [3.8, 4) is 0 Å². The summed E-state index contributed by atoms with van der Waals surface area (Å²) in [6, 6.07) is 32.0. The first-order valence-electron chi connectivity index (χ1n) is 9.70. The van der Waals surface area contributed by atoms with E-state index in [-0.39, 0.29) is 0 Å². The Bertz CT molecular complexity index is 963. The maximum Gasteiger partial charge on any atom is 0.0953 e. The van der Waals surface area contributed by atoms with Crippen molar-refractivity contribution in [1.29, 1.82) is 0 Å². The van der Waals surface area contributed by atoms with Crippen molar-refractivity contribution in [1.82, 2.24) is 9.55 Å². The zero-order chi connectivity index (χ0) is 19.0. The molecular formula is C26H24N2. The predicted octanol–water partition coefficient (Wildman–Crippen LogP) is 6.17. The molecule has 0 unspecified atom stereocenters. The Morgan fingerprint density at radius 1 is 0.750 bits per heavy atom. The van der Waals surface area contributed by atoms with E-state index in [0.29, 0.717) is 5.92 Å². The van der Waals surface area contributed by atoms with E-state index in [1.165, 1.54) is 16.7 Å². The summed E-state index contributed by atoms with van der Waals surface area (Å²) in [5.41, 5.74) is 5.10. The highest BCUT2D eigenvalue weighted by atomic mass is 15.0. The van der Waals surface area contributed by atoms with Crippen LogP contribution >= 0.6 is 0 Å². The van der Waals surface area contributed by atoms with Gasteiger partial charge in [-0.2, -0.15) is 0 Å². The monoisotopic (exact) mass is 364 g/mol. The van der Waals surface area contributed by atoms with Gasteiger partial charge in [-0.05, 0) is 29.2 Å². The molecule has 2 nitrogen and oxygen atoms in total. The average Bonchev–Trinajstić information content (AvgIpc) is 3.20. The van der Waals surface area contributed by atoms with Gasteiger partial charge in [-0.1, -0.05) is 97.1 Å². The van der Waals surface area contributed by atoms with Crippen molar-refractivity contribution in [2.24, 2.45) is 0 Å². The minimum atomic E-state index is 0.351. The number of benzene rings is 3. The number of imidazole rings is 1. The van der Waals surface area contributed by atoms with Gasteiger partial charge in [0, 0.05) is 12.5 Å². The third-order valence-electron chi connectivity index (χ3n) is 5.00. The third kappa shape index (κ3) is 4.47. The van der Waals surface area contributed by atoms with Gasteiger partial charge in [-0.25, -0.2) is 4.98 Å². The Kier molecular flexibility index (Phi) is 5.79. The number of rotatable bonds is 7. The fraction of sp³-hybridized carbons (Fsp3) is 0.115. The molecule has 3 aromatic carbocycles. The number of hydrogen-bond acceptors (Lipinski definition) is 1. The van der Waals surface area contributed by atoms with Crippen LogP contribution in [0.25, 0.3) is 6.08 Å². The molecule has 0 spiro atoms. The summed E-state index contributed by atoms with van der Waals surface area (Å²) in [6.07, 6.45) is 9.24. The molecule has 2 heteroatoms. The summed E-state index contributed by atoms with van der Waals surface area (Å²) in [4.78, 5) is 4.34. The second kappa shape index (κ2) is 9.01. The molecule has 0 aliphatic rings. The van der Waals surface area contributed by atoms with E-state index in [1.807, 2.05) is 18.6 Å². The third-order valence-corrected chi connectivity index (χ3v) is 5.00. The molecule has 0 saturated heterocycles. The van der Waals surface area contributed by atoms with Crippen LogP contribution in [-0.2, 0) is 6.54 Å². The Balaban J connectivity index is 1.52. The molecule has 138 valence electrons. The summed E-state index contributed by atoms with van der Waals surface area (Å²) in [5, 5.41) is 0. The number of aromatic nitrogens is 2. The molecule has 0 aliphatic heterocycles. The minimum absolute atomic E-state index is 0.351. The molecule has 0 bridgehead atoms. The maximum absolute atomic E-state index is 4.34. The van der Waals surface area contributed by atoms with Crippen LogP contribution in [0.2, 0.25) is 0 Å². The topological polar surface area (TPSA) is 17.8 Å². The Morgan fingerprint density at radius 2 is 1.32 bits per heavy atom. The zero-order valence-corrected chi connectivity index (χ0v) is 15.9. The summed E-state index contributed by atoms with van der Waals surface area (Å²) >= 11 is 0. The van der Waals surface area contributed by atoms with Crippen molar-refractivity contribution in [2.75, 3.05) is 0 Å².